The molecule has 1 unspecified atom stereocenters. The van der Waals surface area contributed by atoms with Crippen LogP contribution in [0.5, 0.6) is 0 Å². The van der Waals surface area contributed by atoms with Gasteiger partial charge in [0.25, 0.3) is 5.69 Å². The zero-order valence-corrected chi connectivity index (χ0v) is 14.8. The fraction of sp³-hybridized carbons (Fsp3) is 0.400. The quantitative estimate of drug-likeness (QED) is 0.660. The molecule has 1 saturated heterocycles. The Hall–Kier alpha value is -1.67. The van der Waals surface area contributed by atoms with E-state index in [0.717, 1.165) is 31.0 Å². The molecule has 9 heteroatoms. The zero-order chi connectivity index (χ0) is 16.4. The van der Waals surface area contributed by atoms with E-state index in [2.05, 4.69) is 15.2 Å². The van der Waals surface area contributed by atoms with Crippen molar-refractivity contribution in [2.75, 3.05) is 19.6 Å². The van der Waals surface area contributed by atoms with Gasteiger partial charge in [-0.3, -0.25) is 15.0 Å². The minimum atomic E-state index is -0.445. The average Bonchev–Trinajstić information content (AvgIpc) is 2.95. The Morgan fingerprint density at radius 1 is 1.50 bits per heavy atom. The molecule has 1 N–H and O–H groups in total. The van der Waals surface area contributed by atoms with E-state index in [9.17, 15) is 10.1 Å². The second kappa shape index (κ2) is 7.94. The third-order valence-corrected chi connectivity index (χ3v) is 4.42. The van der Waals surface area contributed by atoms with Crippen molar-refractivity contribution in [3.8, 4) is 0 Å². The van der Waals surface area contributed by atoms with Crippen LogP contribution in [0.15, 0.2) is 30.6 Å². The molecule has 1 fully saturated rings. The maximum absolute atomic E-state index is 11.0. The van der Waals surface area contributed by atoms with Crippen LogP contribution in [0, 0.1) is 10.1 Å². The number of nitro benzene ring substituents is 1. The standard InChI is InChI=1S/C15H18ClN5O2.ClH/c1-19-6-5-18-15(19)14-9-17-4-7-20(14)10-11-2-3-12(16)13(8-11)21(22)23;/h2-3,5-6,8,14,17H,4,7,9-10H2,1H3;1H. The monoisotopic (exact) mass is 371 g/mol. The van der Waals surface area contributed by atoms with Crippen LogP contribution >= 0.6 is 24.0 Å². The van der Waals surface area contributed by atoms with Crippen LogP contribution in [-0.4, -0.2) is 39.0 Å². The summed E-state index contributed by atoms with van der Waals surface area (Å²) in [4.78, 5) is 17.3. The van der Waals surface area contributed by atoms with Gasteiger partial charge in [-0.2, -0.15) is 0 Å². The Kier molecular flexibility index (Phi) is 6.17. The number of rotatable bonds is 4. The number of aryl methyl sites for hydroxylation is 1. The van der Waals surface area contributed by atoms with Crippen LogP contribution in [0.2, 0.25) is 5.02 Å². The number of benzene rings is 1. The molecule has 7 nitrogen and oxygen atoms in total. The first kappa shape index (κ1) is 18.7. The molecule has 1 atom stereocenters. The molecule has 3 rings (SSSR count). The molecule has 0 amide bonds. The van der Waals surface area contributed by atoms with Crippen molar-refractivity contribution in [2.24, 2.45) is 7.05 Å². The van der Waals surface area contributed by atoms with Crippen molar-refractivity contribution in [1.82, 2.24) is 19.8 Å². The van der Waals surface area contributed by atoms with E-state index in [1.165, 1.54) is 0 Å². The van der Waals surface area contributed by atoms with E-state index in [0.29, 0.717) is 6.54 Å². The van der Waals surface area contributed by atoms with Gasteiger partial charge in [0.1, 0.15) is 10.8 Å². The first-order valence-corrected chi connectivity index (χ1v) is 7.79. The lowest BCUT2D eigenvalue weighted by molar-refractivity contribution is -0.384. The Morgan fingerprint density at radius 2 is 2.29 bits per heavy atom. The Labute approximate surface area is 151 Å². The average molecular weight is 372 g/mol. The summed E-state index contributed by atoms with van der Waals surface area (Å²) in [6.07, 6.45) is 3.71. The van der Waals surface area contributed by atoms with Crippen LogP contribution in [0.3, 0.4) is 0 Å². The molecule has 2 heterocycles. The highest BCUT2D eigenvalue weighted by atomic mass is 35.5. The summed E-state index contributed by atoms with van der Waals surface area (Å²) in [6, 6.07) is 5.12. The summed E-state index contributed by atoms with van der Waals surface area (Å²) < 4.78 is 2.01. The van der Waals surface area contributed by atoms with Crippen LogP contribution in [0.4, 0.5) is 5.69 Å². The molecule has 0 bridgehead atoms. The second-order valence-corrected chi connectivity index (χ2v) is 6.04. The third-order valence-electron chi connectivity index (χ3n) is 4.10. The molecule has 0 aliphatic carbocycles. The number of nitrogens with one attached hydrogen (secondary N) is 1. The lowest BCUT2D eigenvalue weighted by Crippen LogP contribution is -2.46. The first-order chi connectivity index (χ1) is 11.1. The molecule has 1 aliphatic heterocycles. The zero-order valence-electron chi connectivity index (χ0n) is 13.2. The van der Waals surface area contributed by atoms with E-state index in [4.69, 9.17) is 11.6 Å². The SMILES string of the molecule is Cl.Cn1ccnc1C1CNCCN1Cc1ccc(Cl)c([N+](=O)[O-])c1. The minimum absolute atomic E-state index is 0. The van der Waals surface area contributed by atoms with Crippen molar-refractivity contribution in [1.29, 1.82) is 0 Å². The molecule has 0 saturated carbocycles. The fourth-order valence-electron chi connectivity index (χ4n) is 2.92. The van der Waals surface area contributed by atoms with Gasteiger partial charge in [-0.15, -0.1) is 12.4 Å². The summed E-state index contributed by atoms with van der Waals surface area (Å²) in [5.41, 5.74) is 0.829. The Balaban J connectivity index is 0.00000208. The largest absolute Gasteiger partial charge is 0.337 e. The van der Waals surface area contributed by atoms with Crippen LogP contribution in [0.25, 0.3) is 0 Å². The van der Waals surface area contributed by atoms with Gasteiger partial charge in [0.15, 0.2) is 0 Å². The minimum Gasteiger partial charge on any atom is -0.337 e. The summed E-state index contributed by atoms with van der Waals surface area (Å²) >= 11 is 5.89. The Bertz CT molecular complexity index is 722. The number of aromatic nitrogens is 2. The Morgan fingerprint density at radius 3 is 2.96 bits per heavy atom. The topological polar surface area (TPSA) is 76.2 Å². The van der Waals surface area contributed by atoms with Crippen LogP contribution in [-0.2, 0) is 13.6 Å². The maximum Gasteiger partial charge on any atom is 0.288 e. The predicted molar refractivity (Wildman–Crippen MR) is 94.6 cm³/mol. The second-order valence-electron chi connectivity index (χ2n) is 5.63. The smallest absolute Gasteiger partial charge is 0.288 e. The normalized spacial score (nSPS) is 18.2. The molecular weight excluding hydrogens is 353 g/mol. The summed E-state index contributed by atoms with van der Waals surface area (Å²) in [5.74, 6) is 0.987. The molecule has 0 radical (unpaired) electrons. The van der Waals surface area contributed by atoms with E-state index in [1.54, 1.807) is 18.3 Å². The van der Waals surface area contributed by atoms with Crippen molar-refractivity contribution in [3.63, 3.8) is 0 Å². The van der Waals surface area contributed by atoms with E-state index < -0.39 is 4.92 Å². The van der Waals surface area contributed by atoms with Crippen LogP contribution < -0.4 is 5.32 Å². The summed E-state index contributed by atoms with van der Waals surface area (Å²) in [7, 11) is 1.97. The van der Waals surface area contributed by atoms with Gasteiger partial charge >= 0.3 is 0 Å². The van der Waals surface area contributed by atoms with Crippen molar-refractivity contribution in [3.05, 3.63) is 57.1 Å². The van der Waals surface area contributed by atoms with Crippen molar-refractivity contribution < 1.29 is 4.92 Å². The highest BCUT2D eigenvalue weighted by Crippen LogP contribution is 2.28. The predicted octanol–water partition coefficient (Wildman–Crippen LogP) is 2.55. The molecule has 130 valence electrons. The lowest BCUT2D eigenvalue weighted by Gasteiger charge is -2.35. The molecule has 1 aliphatic rings. The third kappa shape index (κ3) is 3.87. The van der Waals surface area contributed by atoms with Gasteiger partial charge in [-0.1, -0.05) is 17.7 Å². The highest BCUT2D eigenvalue weighted by Gasteiger charge is 2.27. The van der Waals surface area contributed by atoms with Gasteiger partial charge in [0, 0.05) is 51.7 Å². The van der Waals surface area contributed by atoms with Gasteiger partial charge in [0.05, 0.1) is 11.0 Å². The van der Waals surface area contributed by atoms with E-state index in [-0.39, 0.29) is 29.2 Å². The molecular formula is C15H19Cl2N5O2. The fourth-order valence-corrected chi connectivity index (χ4v) is 3.11. The van der Waals surface area contributed by atoms with Gasteiger partial charge in [0.2, 0.25) is 0 Å². The van der Waals surface area contributed by atoms with Crippen LogP contribution in [0.1, 0.15) is 17.4 Å². The van der Waals surface area contributed by atoms with Gasteiger partial charge in [-0.05, 0) is 11.6 Å². The number of nitro groups is 1. The van der Waals surface area contributed by atoms with E-state index in [1.807, 2.05) is 23.9 Å². The van der Waals surface area contributed by atoms with E-state index >= 15 is 0 Å². The molecule has 1 aromatic carbocycles. The number of hydrogen-bond acceptors (Lipinski definition) is 5. The number of halogens is 2. The number of nitrogens with zero attached hydrogens (tertiary/aromatic N) is 4. The van der Waals surface area contributed by atoms with Crippen molar-refractivity contribution >= 4 is 29.7 Å². The number of piperazine rings is 1. The first-order valence-electron chi connectivity index (χ1n) is 7.41. The van der Waals surface area contributed by atoms with Gasteiger partial charge < -0.3 is 9.88 Å². The molecule has 24 heavy (non-hydrogen) atoms. The molecule has 2 aromatic rings. The van der Waals surface area contributed by atoms with Gasteiger partial charge in [-0.25, -0.2) is 4.98 Å². The highest BCUT2D eigenvalue weighted by molar-refractivity contribution is 6.32. The maximum atomic E-state index is 11.0. The lowest BCUT2D eigenvalue weighted by atomic mass is 10.1. The molecule has 1 aromatic heterocycles. The summed E-state index contributed by atoms with van der Waals surface area (Å²) in [6.45, 7) is 3.17. The molecule has 0 spiro atoms. The summed E-state index contributed by atoms with van der Waals surface area (Å²) in [5, 5.41) is 14.6. The van der Waals surface area contributed by atoms with Crippen molar-refractivity contribution in [2.45, 2.75) is 12.6 Å². The number of hydrogen-bond donors (Lipinski definition) is 1. The number of imidazole rings is 1.